The molecule has 0 bridgehead atoms. The van der Waals surface area contributed by atoms with E-state index in [1.54, 1.807) is 12.4 Å². The summed E-state index contributed by atoms with van der Waals surface area (Å²) in [5.74, 6) is 1.76. The van der Waals surface area contributed by atoms with Gasteiger partial charge in [-0.25, -0.2) is 0 Å². The molecule has 2 unspecified atom stereocenters. The van der Waals surface area contributed by atoms with Crippen molar-refractivity contribution in [1.29, 1.82) is 0 Å². The molecule has 128 valence electrons. The van der Waals surface area contributed by atoms with E-state index in [0.717, 1.165) is 12.0 Å². The van der Waals surface area contributed by atoms with Crippen LogP contribution in [0.4, 0.5) is 0 Å². The highest BCUT2D eigenvalue weighted by molar-refractivity contribution is 5.76. The summed E-state index contributed by atoms with van der Waals surface area (Å²) < 4.78 is 5.26. The van der Waals surface area contributed by atoms with E-state index in [2.05, 4.69) is 22.0 Å². The minimum absolute atomic E-state index is 0.150. The van der Waals surface area contributed by atoms with Crippen LogP contribution in [0.2, 0.25) is 0 Å². The zero-order chi connectivity index (χ0) is 16.9. The van der Waals surface area contributed by atoms with Gasteiger partial charge in [0, 0.05) is 43.9 Å². The molecule has 6 heteroatoms. The van der Waals surface area contributed by atoms with Crippen LogP contribution in [-0.4, -0.2) is 39.0 Å². The molecule has 2 heterocycles. The average Bonchev–Trinajstić information content (AvgIpc) is 3.09. The van der Waals surface area contributed by atoms with Gasteiger partial charge in [-0.05, 0) is 30.9 Å². The number of pyridine rings is 1. The fraction of sp³-hybridized carbons (Fsp3) is 0.556. The molecule has 2 aromatic rings. The number of rotatable bonds is 5. The van der Waals surface area contributed by atoms with Crippen LogP contribution in [0.1, 0.15) is 44.9 Å². The van der Waals surface area contributed by atoms with Crippen LogP contribution in [0.5, 0.6) is 0 Å². The summed E-state index contributed by atoms with van der Waals surface area (Å²) in [6.45, 7) is 2.24. The van der Waals surface area contributed by atoms with E-state index in [1.807, 2.05) is 24.1 Å². The fourth-order valence-corrected chi connectivity index (χ4v) is 3.42. The molecule has 2 atom stereocenters. The summed E-state index contributed by atoms with van der Waals surface area (Å²) in [6, 6.07) is 4.03. The summed E-state index contributed by atoms with van der Waals surface area (Å²) in [5, 5.41) is 3.97. The molecule has 0 aliphatic heterocycles. The Morgan fingerprint density at radius 2 is 2.04 bits per heavy atom. The van der Waals surface area contributed by atoms with Crippen LogP contribution in [0, 0.1) is 5.92 Å². The molecule has 1 fully saturated rings. The van der Waals surface area contributed by atoms with Gasteiger partial charge >= 0.3 is 0 Å². The lowest BCUT2D eigenvalue weighted by Crippen LogP contribution is -2.42. The molecule has 0 spiro atoms. The predicted octanol–water partition coefficient (Wildman–Crippen LogP) is 3.10. The van der Waals surface area contributed by atoms with Gasteiger partial charge in [0.15, 0.2) is 0 Å². The Balaban J connectivity index is 1.55. The van der Waals surface area contributed by atoms with Crippen LogP contribution in [0.15, 0.2) is 29.0 Å². The van der Waals surface area contributed by atoms with Crippen molar-refractivity contribution in [2.24, 2.45) is 5.92 Å². The summed E-state index contributed by atoms with van der Waals surface area (Å²) in [5.41, 5.74) is 0.861. The Morgan fingerprint density at radius 3 is 2.79 bits per heavy atom. The molecule has 0 saturated heterocycles. The second-order valence-electron chi connectivity index (χ2n) is 6.58. The van der Waals surface area contributed by atoms with Gasteiger partial charge in [0.2, 0.25) is 17.6 Å². The van der Waals surface area contributed by atoms with Crippen molar-refractivity contribution in [3.05, 3.63) is 30.4 Å². The topological polar surface area (TPSA) is 72.1 Å². The van der Waals surface area contributed by atoms with Crippen molar-refractivity contribution < 1.29 is 9.32 Å². The second kappa shape index (κ2) is 7.55. The lowest BCUT2D eigenvalue weighted by molar-refractivity contribution is -0.133. The summed E-state index contributed by atoms with van der Waals surface area (Å²) in [7, 11) is 1.92. The van der Waals surface area contributed by atoms with Crippen molar-refractivity contribution in [2.75, 3.05) is 7.05 Å². The highest BCUT2D eigenvalue weighted by atomic mass is 16.5. The van der Waals surface area contributed by atoms with Crippen molar-refractivity contribution in [2.45, 2.75) is 51.5 Å². The average molecular weight is 328 g/mol. The first kappa shape index (κ1) is 16.6. The van der Waals surface area contributed by atoms with E-state index < -0.39 is 0 Å². The first-order valence-corrected chi connectivity index (χ1v) is 8.64. The molecular weight excluding hydrogens is 304 g/mol. The van der Waals surface area contributed by atoms with Crippen LogP contribution < -0.4 is 0 Å². The second-order valence-corrected chi connectivity index (χ2v) is 6.58. The normalized spacial score (nSPS) is 20.8. The van der Waals surface area contributed by atoms with E-state index in [1.165, 1.54) is 19.3 Å². The van der Waals surface area contributed by atoms with Crippen LogP contribution in [0.25, 0.3) is 11.4 Å². The number of hydrogen-bond acceptors (Lipinski definition) is 5. The molecule has 0 aromatic carbocycles. The molecule has 2 aromatic heterocycles. The van der Waals surface area contributed by atoms with E-state index in [-0.39, 0.29) is 5.91 Å². The quantitative estimate of drug-likeness (QED) is 0.843. The number of aromatic nitrogens is 3. The molecular formula is C18H24N4O2. The first-order valence-electron chi connectivity index (χ1n) is 8.64. The van der Waals surface area contributed by atoms with E-state index in [4.69, 9.17) is 4.52 Å². The maximum atomic E-state index is 12.5. The lowest BCUT2D eigenvalue weighted by Gasteiger charge is -2.36. The Morgan fingerprint density at radius 1 is 1.29 bits per heavy atom. The number of carbonyl (C=O) groups is 1. The van der Waals surface area contributed by atoms with Crippen molar-refractivity contribution >= 4 is 5.91 Å². The Bertz CT molecular complexity index is 671. The van der Waals surface area contributed by atoms with Crippen molar-refractivity contribution in [1.82, 2.24) is 20.0 Å². The molecule has 1 aliphatic rings. The number of carbonyl (C=O) groups excluding carboxylic acids is 1. The van der Waals surface area contributed by atoms with Crippen LogP contribution in [-0.2, 0) is 11.2 Å². The van der Waals surface area contributed by atoms with Gasteiger partial charge in [-0.15, -0.1) is 0 Å². The zero-order valence-corrected chi connectivity index (χ0v) is 14.3. The van der Waals surface area contributed by atoms with E-state index in [9.17, 15) is 4.79 Å². The number of nitrogens with zero attached hydrogens (tertiary/aromatic N) is 4. The van der Waals surface area contributed by atoms with Gasteiger partial charge in [-0.3, -0.25) is 9.78 Å². The smallest absolute Gasteiger partial charge is 0.227 e. The van der Waals surface area contributed by atoms with Gasteiger partial charge in [0.25, 0.3) is 0 Å². The molecule has 24 heavy (non-hydrogen) atoms. The Kier molecular flexibility index (Phi) is 5.23. The molecule has 1 aliphatic carbocycles. The molecule has 0 radical (unpaired) electrons. The third kappa shape index (κ3) is 3.80. The summed E-state index contributed by atoms with van der Waals surface area (Å²) in [4.78, 5) is 22.7. The monoisotopic (exact) mass is 328 g/mol. The molecule has 6 nitrogen and oxygen atoms in total. The van der Waals surface area contributed by atoms with Crippen molar-refractivity contribution in [3.63, 3.8) is 0 Å². The summed E-state index contributed by atoms with van der Waals surface area (Å²) in [6.07, 6.45) is 9.06. The SMILES string of the molecule is CC1CCCCC1N(C)C(=O)CCc1nc(-c2ccncc2)no1. The van der Waals surface area contributed by atoms with Gasteiger partial charge in [0.05, 0.1) is 0 Å². The minimum atomic E-state index is 0.150. The lowest BCUT2D eigenvalue weighted by atomic mass is 9.85. The van der Waals surface area contributed by atoms with Gasteiger partial charge in [-0.1, -0.05) is 24.9 Å². The predicted molar refractivity (Wildman–Crippen MR) is 90.0 cm³/mol. The Hall–Kier alpha value is -2.24. The van der Waals surface area contributed by atoms with E-state index in [0.29, 0.717) is 36.5 Å². The number of hydrogen-bond donors (Lipinski definition) is 0. The first-order chi connectivity index (χ1) is 11.6. The third-order valence-corrected chi connectivity index (χ3v) is 4.92. The highest BCUT2D eigenvalue weighted by Crippen LogP contribution is 2.27. The number of amides is 1. The molecule has 0 N–H and O–H groups in total. The summed E-state index contributed by atoms with van der Waals surface area (Å²) >= 11 is 0. The zero-order valence-electron chi connectivity index (χ0n) is 14.3. The highest BCUT2D eigenvalue weighted by Gasteiger charge is 2.27. The molecule has 1 saturated carbocycles. The maximum absolute atomic E-state index is 12.5. The van der Waals surface area contributed by atoms with Gasteiger partial charge in [-0.2, -0.15) is 4.98 Å². The largest absolute Gasteiger partial charge is 0.342 e. The number of aryl methyl sites for hydroxylation is 1. The van der Waals surface area contributed by atoms with Gasteiger partial charge in [0.1, 0.15) is 0 Å². The van der Waals surface area contributed by atoms with Crippen LogP contribution in [0.3, 0.4) is 0 Å². The molecule has 1 amide bonds. The van der Waals surface area contributed by atoms with Crippen molar-refractivity contribution in [3.8, 4) is 11.4 Å². The Labute approximate surface area is 142 Å². The third-order valence-electron chi connectivity index (χ3n) is 4.92. The standard InChI is InChI=1S/C18H24N4O2/c1-13-5-3-4-6-15(13)22(2)17(23)8-7-16-20-18(21-24-16)14-9-11-19-12-10-14/h9-13,15H,3-8H2,1-2H3. The van der Waals surface area contributed by atoms with E-state index >= 15 is 0 Å². The van der Waals surface area contributed by atoms with Gasteiger partial charge < -0.3 is 9.42 Å². The fourth-order valence-electron chi connectivity index (χ4n) is 3.42. The maximum Gasteiger partial charge on any atom is 0.227 e. The molecule has 3 rings (SSSR count). The minimum Gasteiger partial charge on any atom is -0.342 e. The van der Waals surface area contributed by atoms with Crippen LogP contribution >= 0.6 is 0 Å².